The zero-order chi connectivity index (χ0) is 29.2. The maximum absolute atomic E-state index is 2.50. The Labute approximate surface area is 262 Å². The molecule has 0 atom stereocenters. The number of rotatable bonds is 35. The average molecular weight is 582 g/mol. The number of nitrogens with zero attached hydrogens (tertiary/aromatic N) is 1. The van der Waals surface area contributed by atoms with Crippen molar-refractivity contribution < 1.29 is 9.96 Å². The first-order chi connectivity index (χ1) is 19.7. The fourth-order valence-corrected chi connectivity index (χ4v) is 6.79. The van der Waals surface area contributed by atoms with E-state index in [1.54, 1.807) is 0 Å². The number of hydrogen-bond acceptors (Lipinski definition) is 1. The second kappa shape index (κ2) is 36.1. The van der Waals surface area contributed by atoms with Gasteiger partial charge in [-0.2, -0.15) is 0 Å². The molecule has 41 heavy (non-hydrogen) atoms. The summed E-state index contributed by atoms with van der Waals surface area (Å²) in [6.07, 6.45) is 45.3. The third-order valence-corrected chi connectivity index (χ3v) is 9.88. The van der Waals surface area contributed by atoms with Crippen LogP contribution in [0.3, 0.4) is 0 Å². The van der Waals surface area contributed by atoms with Crippen LogP contribution >= 0.6 is 0 Å². The van der Waals surface area contributed by atoms with Gasteiger partial charge in [-0.15, -0.1) is 0 Å². The van der Waals surface area contributed by atoms with Crippen LogP contribution in [0.25, 0.3) is 0 Å². The molecule has 0 aliphatic heterocycles. The SMILES string of the molecule is CCCCCCCCCCCCCC[N+](CC)(CCCCCCCCC)CCCCCCCCCCCCCC.[OH-]. The maximum Gasteiger partial charge on any atom is 0.0786 e. The van der Waals surface area contributed by atoms with Crippen LogP contribution < -0.4 is 0 Å². The first kappa shape index (κ1) is 43.0. The van der Waals surface area contributed by atoms with E-state index >= 15 is 0 Å². The van der Waals surface area contributed by atoms with Crippen LogP contribution in [0.4, 0.5) is 0 Å². The summed E-state index contributed by atoms with van der Waals surface area (Å²) in [6.45, 7) is 15.2. The van der Waals surface area contributed by atoms with Crippen molar-refractivity contribution >= 4 is 0 Å². The van der Waals surface area contributed by atoms with Gasteiger partial charge in [-0.1, -0.05) is 181 Å². The highest BCUT2D eigenvalue weighted by Crippen LogP contribution is 2.19. The molecule has 0 unspecified atom stereocenters. The normalized spacial score (nSPS) is 11.7. The van der Waals surface area contributed by atoms with Gasteiger partial charge in [0, 0.05) is 0 Å². The van der Waals surface area contributed by atoms with Gasteiger partial charge in [0.2, 0.25) is 0 Å². The first-order valence-corrected chi connectivity index (χ1v) is 19.6. The van der Waals surface area contributed by atoms with Gasteiger partial charge in [-0.25, -0.2) is 0 Å². The Balaban J connectivity index is 0. The molecule has 0 aliphatic carbocycles. The lowest BCUT2D eigenvalue weighted by molar-refractivity contribution is -0.927. The van der Waals surface area contributed by atoms with E-state index in [-0.39, 0.29) is 5.48 Å². The molecule has 0 aromatic carbocycles. The minimum atomic E-state index is 0. The topological polar surface area (TPSA) is 30.0 Å². The number of unbranched alkanes of at least 4 members (excludes halogenated alkanes) is 28. The number of hydrogen-bond donors (Lipinski definition) is 0. The Morgan fingerprint density at radius 2 is 0.415 bits per heavy atom. The van der Waals surface area contributed by atoms with Crippen LogP contribution in [0.5, 0.6) is 0 Å². The van der Waals surface area contributed by atoms with Crippen molar-refractivity contribution in [3.05, 3.63) is 0 Å². The van der Waals surface area contributed by atoms with Gasteiger partial charge >= 0.3 is 0 Å². The number of quaternary nitrogens is 1. The van der Waals surface area contributed by atoms with Crippen molar-refractivity contribution in [1.82, 2.24) is 0 Å². The van der Waals surface area contributed by atoms with Gasteiger partial charge in [-0.3, -0.25) is 0 Å². The Morgan fingerprint density at radius 1 is 0.244 bits per heavy atom. The van der Waals surface area contributed by atoms with Crippen LogP contribution in [0.15, 0.2) is 0 Å². The molecule has 0 saturated carbocycles. The molecule has 0 aromatic rings. The van der Waals surface area contributed by atoms with Gasteiger partial charge < -0.3 is 9.96 Å². The molecule has 0 aliphatic rings. The maximum atomic E-state index is 2.50. The second-order valence-corrected chi connectivity index (χ2v) is 13.7. The van der Waals surface area contributed by atoms with Crippen LogP contribution in [0.1, 0.15) is 227 Å². The third kappa shape index (κ3) is 31.2. The minimum absolute atomic E-state index is 0. The van der Waals surface area contributed by atoms with E-state index in [2.05, 4.69) is 27.7 Å². The van der Waals surface area contributed by atoms with Gasteiger partial charge in [0.15, 0.2) is 0 Å². The molecule has 0 radical (unpaired) electrons. The molecule has 1 N–H and O–H groups in total. The molecular weight excluding hydrogens is 498 g/mol. The molecule has 250 valence electrons. The van der Waals surface area contributed by atoms with Gasteiger partial charge in [0.25, 0.3) is 0 Å². The fraction of sp³-hybridized carbons (Fsp3) is 1.00. The zero-order valence-electron chi connectivity index (χ0n) is 29.6. The van der Waals surface area contributed by atoms with E-state index in [1.165, 1.54) is 230 Å². The summed E-state index contributed by atoms with van der Waals surface area (Å²) >= 11 is 0. The molecular formula is C39H83NO. The Bertz CT molecular complexity index is 423. The van der Waals surface area contributed by atoms with Crippen molar-refractivity contribution in [2.45, 2.75) is 227 Å². The summed E-state index contributed by atoms with van der Waals surface area (Å²) in [4.78, 5) is 0. The lowest BCUT2D eigenvalue weighted by Crippen LogP contribution is -2.50. The molecule has 0 aromatic heterocycles. The van der Waals surface area contributed by atoms with Crippen molar-refractivity contribution in [3.63, 3.8) is 0 Å². The van der Waals surface area contributed by atoms with E-state index in [9.17, 15) is 0 Å². The molecule has 0 saturated heterocycles. The molecule has 0 fully saturated rings. The van der Waals surface area contributed by atoms with E-state index in [0.717, 1.165) is 0 Å². The van der Waals surface area contributed by atoms with E-state index in [1.807, 2.05) is 0 Å². The summed E-state index contributed by atoms with van der Waals surface area (Å²) in [6, 6.07) is 0. The fourth-order valence-electron chi connectivity index (χ4n) is 6.79. The summed E-state index contributed by atoms with van der Waals surface area (Å²) < 4.78 is 1.44. The zero-order valence-corrected chi connectivity index (χ0v) is 29.6. The lowest BCUT2D eigenvalue weighted by Gasteiger charge is -2.38. The quantitative estimate of drug-likeness (QED) is 0.0540. The molecule has 0 heterocycles. The monoisotopic (exact) mass is 582 g/mol. The third-order valence-electron chi connectivity index (χ3n) is 9.88. The molecule has 2 heteroatoms. The van der Waals surface area contributed by atoms with Crippen LogP contribution in [0, 0.1) is 0 Å². The molecule has 0 rings (SSSR count). The smallest absolute Gasteiger partial charge is 0.0786 e. The summed E-state index contributed by atoms with van der Waals surface area (Å²) in [5, 5.41) is 0. The van der Waals surface area contributed by atoms with Crippen molar-refractivity contribution in [1.29, 1.82) is 0 Å². The average Bonchev–Trinajstić information content (AvgIpc) is 2.97. The standard InChI is InChI=1S/C39H82N.H2O/c1-5-9-12-15-18-20-22-24-26-29-32-35-38-40(8-4,37-34-31-28-17-14-11-7-3)39-36-33-30-27-25-23-21-19-16-13-10-6-2;/h5-39H2,1-4H3;1H2/q+1;/p-1. The van der Waals surface area contributed by atoms with Crippen LogP contribution in [-0.4, -0.2) is 36.1 Å². The van der Waals surface area contributed by atoms with Gasteiger partial charge in [-0.05, 0) is 45.4 Å². The lowest BCUT2D eigenvalue weighted by atomic mass is 10.0. The summed E-state index contributed by atoms with van der Waals surface area (Å²) in [5.41, 5.74) is 0. The molecule has 0 spiro atoms. The Kier molecular flexibility index (Phi) is 37.9. The highest BCUT2D eigenvalue weighted by molar-refractivity contribution is 4.54. The largest absolute Gasteiger partial charge is 0.870 e. The van der Waals surface area contributed by atoms with Crippen LogP contribution in [-0.2, 0) is 0 Å². The van der Waals surface area contributed by atoms with E-state index in [4.69, 9.17) is 0 Å². The molecule has 2 nitrogen and oxygen atoms in total. The first-order valence-electron chi connectivity index (χ1n) is 19.6. The predicted octanol–water partition coefficient (Wildman–Crippen LogP) is 13.8. The van der Waals surface area contributed by atoms with Crippen molar-refractivity contribution in [2.24, 2.45) is 0 Å². The predicted molar refractivity (Wildman–Crippen MR) is 187 cm³/mol. The highest BCUT2D eigenvalue weighted by atomic mass is 16.0. The Hall–Kier alpha value is -0.0800. The van der Waals surface area contributed by atoms with Gasteiger partial charge in [0.1, 0.15) is 0 Å². The summed E-state index contributed by atoms with van der Waals surface area (Å²) in [5.74, 6) is 0. The van der Waals surface area contributed by atoms with E-state index < -0.39 is 0 Å². The highest BCUT2D eigenvalue weighted by Gasteiger charge is 2.23. The minimum Gasteiger partial charge on any atom is -0.870 e. The van der Waals surface area contributed by atoms with Gasteiger partial charge in [0.05, 0.1) is 26.2 Å². The molecule has 0 amide bonds. The second-order valence-electron chi connectivity index (χ2n) is 13.7. The molecule has 0 bridgehead atoms. The van der Waals surface area contributed by atoms with Crippen molar-refractivity contribution in [2.75, 3.05) is 26.2 Å². The summed E-state index contributed by atoms with van der Waals surface area (Å²) in [7, 11) is 0. The van der Waals surface area contributed by atoms with E-state index in [0.29, 0.717) is 0 Å². The Morgan fingerprint density at radius 3 is 0.585 bits per heavy atom. The van der Waals surface area contributed by atoms with Crippen LogP contribution in [0.2, 0.25) is 0 Å². The van der Waals surface area contributed by atoms with Crippen molar-refractivity contribution in [3.8, 4) is 0 Å².